The Labute approximate surface area is 349 Å². The molecule has 1 aromatic rings. The van der Waals surface area contributed by atoms with Crippen LogP contribution in [0.4, 0.5) is 0 Å². The summed E-state index contributed by atoms with van der Waals surface area (Å²) in [6.07, 6.45) is 43.9. The molecule has 0 spiro atoms. The Morgan fingerprint density at radius 1 is 0.232 bits per heavy atom. The second-order valence-electron chi connectivity index (χ2n) is 16.7. The van der Waals surface area contributed by atoms with E-state index in [9.17, 15) is 0 Å². The topological polar surface area (TPSA) is 46.2 Å². The lowest BCUT2D eigenvalue weighted by Gasteiger charge is -2.23. The molecule has 0 N–H and O–H groups in total. The van der Waals surface area contributed by atoms with Gasteiger partial charge >= 0.3 is 0 Å². The average molecular weight is 789 g/mol. The SMILES string of the molecule is CCCCCCCCCOc1cc(OCCCCCCCCC)c(OCCCCCCCCC)c(OCCCCCCCCC)c1OCCCCCCCCC. The van der Waals surface area contributed by atoms with E-state index in [1.807, 2.05) is 0 Å². The average Bonchev–Trinajstić information content (AvgIpc) is 3.21. The maximum atomic E-state index is 6.78. The van der Waals surface area contributed by atoms with Gasteiger partial charge in [-0.15, -0.1) is 0 Å². The zero-order valence-electron chi connectivity index (χ0n) is 38.4. The molecule has 0 radical (unpaired) electrons. The molecule has 56 heavy (non-hydrogen) atoms. The van der Waals surface area contributed by atoms with Gasteiger partial charge in [0.2, 0.25) is 17.2 Å². The van der Waals surface area contributed by atoms with Crippen molar-refractivity contribution in [2.75, 3.05) is 33.0 Å². The van der Waals surface area contributed by atoms with Gasteiger partial charge in [0, 0.05) is 6.07 Å². The van der Waals surface area contributed by atoms with E-state index in [1.165, 1.54) is 193 Å². The van der Waals surface area contributed by atoms with Crippen LogP contribution in [-0.4, -0.2) is 33.0 Å². The Hall–Kier alpha value is -1.78. The summed E-state index contributed by atoms with van der Waals surface area (Å²) in [5.41, 5.74) is 0. The number of ether oxygens (including phenoxy) is 5. The van der Waals surface area contributed by atoms with Gasteiger partial charge in [-0.05, 0) is 32.1 Å². The van der Waals surface area contributed by atoms with Crippen LogP contribution in [0.25, 0.3) is 0 Å². The Kier molecular flexibility index (Phi) is 38.6. The predicted molar refractivity (Wildman–Crippen MR) is 244 cm³/mol. The standard InChI is InChI=1S/C51H96O5/c1-6-11-16-21-26-31-36-41-52-47-46-48(53-42-37-32-27-22-17-12-7-2)50(55-44-39-34-29-24-19-14-9-4)51(56-45-40-35-30-25-20-15-10-5)49(47)54-43-38-33-28-23-18-13-8-3/h46H,6-45H2,1-5H3. The summed E-state index contributed by atoms with van der Waals surface area (Å²) < 4.78 is 33.5. The Bertz CT molecular complexity index is 887. The minimum atomic E-state index is 0.647. The van der Waals surface area contributed by atoms with E-state index < -0.39 is 0 Å². The molecular formula is C51H96O5. The highest BCUT2D eigenvalue weighted by atomic mass is 16.6. The number of hydrogen-bond acceptors (Lipinski definition) is 5. The van der Waals surface area contributed by atoms with Crippen LogP contribution in [0.5, 0.6) is 28.7 Å². The predicted octanol–water partition coefficient (Wildman–Crippen LogP) is 17.3. The first-order chi connectivity index (χ1) is 27.7. The molecule has 0 aliphatic heterocycles. The van der Waals surface area contributed by atoms with Crippen molar-refractivity contribution in [1.29, 1.82) is 0 Å². The van der Waals surface area contributed by atoms with Crippen LogP contribution in [0.1, 0.15) is 259 Å². The van der Waals surface area contributed by atoms with Crippen LogP contribution in [0.3, 0.4) is 0 Å². The second kappa shape index (κ2) is 41.4. The Morgan fingerprint density at radius 3 is 0.679 bits per heavy atom. The fourth-order valence-corrected chi connectivity index (χ4v) is 7.38. The first kappa shape index (κ1) is 52.2. The molecule has 0 unspecified atom stereocenters. The maximum absolute atomic E-state index is 6.78. The normalized spacial score (nSPS) is 11.3. The fraction of sp³-hybridized carbons (Fsp3) is 0.882. The van der Waals surface area contributed by atoms with Crippen LogP contribution in [-0.2, 0) is 0 Å². The molecule has 0 heterocycles. The molecular weight excluding hydrogens is 693 g/mol. The summed E-state index contributed by atoms with van der Waals surface area (Å²) in [6.45, 7) is 14.7. The molecule has 0 bridgehead atoms. The third-order valence-corrected chi connectivity index (χ3v) is 11.1. The Balaban J connectivity index is 3.28. The largest absolute Gasteiger partial charge is 0.489 e. The third-order valence-electron chi connectivity index (χ3n) is 11.1. The molecule has 0 saturated heterocycles. The highest BCUT2D eigenvalue weighted by Crippen LogP contribution is 2.51. The van der Waals surface area contributed by atoms with Crippen molar-refractivity contribution < 1.29 is 23.7 Å². The van der Waals surface area contributed by atoms with Gasteiger partial charge in [-0.2, -0.15) is 0 Å². The zero-order valence-corrected chi connectivity index (χ0v) is 38.4. The summed E-state index contributed by atoms with van der Waals surface area (Å²) in [5.74, 6) is 3.66. The number of unbranched alkanes of at least 4 members (excludes halogenated alkanes) is 30. The van der Waals surface area contributed by atoms with Crippen molar-refractivity contribution in [2.24, 2.45) is 0 Å². The lowest BCUT2D eigenvalue weighted by Crippen LogP contribution is -2.10. The van der Waals surface area contributed by atoms with Gasteiger partial charge in [0.1, 0.15) is 0 Å². The van der Waals surface area contributed by atoms with Crippen LogP contribution in [0, 0.1) is 0 Å². The van der Waals surface area contributed by atoms with Crippen molar-refractivity contribution in [3.05, 3.63) is 6.07 Å². The van der Waals surface area contributed by atoms with E-state index in [1.54, 1.807) is 0 Å². The number of hydrogen-bond donors (Lipinski definition) is 0. The van der Waals surface area contributed by atoms with Gasteiger partial charge < -0.3 is 23.7 Å². The van der Waals surface area contributed by atoms with Crippen molar-refractivity contribution >= 4 is 0 Å². The van der Waals surface area contributed by atoms with Gasteiger partial charge in [0.25, 0.3) is 0 Å². The first-order valence-electron chi connectivity index (χ1n) is 25.1. The molecule has 1 rings (SSSR count). The third kappa shape index (κ3) is 29.4. The second-order valence-corrected chi connectivity index (χ2v) is 16.7. The smallest absolute Gasteiger partial charge is 0.211 e. The minimum Gasteiger partial charge on any atom is -0.489 e. The van der Waals surface area contributed by atoms with E-state index >= 15 is 0 Å². The lowest BCUT2D eigenvalue weighted by atomic mass is 10.1. The number of benzene rings is 1. The van der Waals surface area contributed by atoms with E-state index in [-0.39, 0.29) is 0 Å². The van der Waals surface area contributed by atoms with E-state index in [4.69, 9.17) is 23.7 Å². The summed E-state index contributed by atoms with van der Waals surface area (Å²) in [5, 5.41) is 0. The molecule has 1 aromatic carbocycles. The van der Waals surface area contributed by atoms with Crippen molar-refractivity contribution in [3.8, 4) is 28.7 Å². The molecule has 5 nitrogen and oxygen atoms in total. The molecule has 330 valence electrons. The molecule has 0 aliphatic carbocycles. The van der Waals surface area contributed by atoms with Crippen molar-refractivity contribution in [1.82, 2.24) is 0 Å². The summed E-state index contributed by atoms with van der Waals surface area (Å²) in [6, 6.07) is 2.07. The quantitative estimate of drug-likeness (QED) is 0.0616. The minimum absolute atomic E-state index is 0.647. The van der Waals surface area contributed by atoms with Crippen molar-refractivity contribution in [3.63, 3.8) is 0 Å². The molecule has 5 heteroatoms. The Morgan fingerprint density at radius 2 is 0.429 bits per heavy atom. The lowest BCUT2D eigenvalue weighted by molar-refractivity contribution is 0.207. The van der Waals surface area contributed by atoms with E-state index in [2.05, 4.69) is 40.7 Å². The van der Waals surface area contributed by atoms with Gasteiger partial charge in [0.15, 0.2) is 11.5 Å². The molecule has 0 aliphatic rings. The van der Waals surface area contributed by atoms with Gasteiger partial charge in [-0.3, -0.25) is 0 Å². The van der Waals surface area contributed by atoms with Crippen LogP contribution in [0.2, 0.25) is 0 Å². The number of rotatable bonds is 45. The highest BCUT2D eigenvalue weighted by molar-refractivity contribution is 5.65. The molecule has 0 fully saturated rings. The molecule has 0 amide bonds. The van der Waals surface area contributed by atoms with E-state index in [0.717, 1.165) is 55.1 Å². The van der Waals surface area contributed by atoms with E-state index in [0.29, 0.717) is 38.8 Å². The highest BCUT2D eigenvalue weighted by Gasteiger charge is 2.25. The van der Waals surface area contributed by atoms with Gasteiger partial charge in [0.05, 0.1) is 33.0 Å². The molecule has 0 aromatic heterocycles. The summed E-state index contributed by atoms with van der Waals surface area (Å²) >= 11 is 0. The monoisotopic (exact) mass is 789 g/mol. The van der Waals surface area contributed by atoms with Gasteiger partial charge in [-0.25, -0.2) is 0 Å². The first-order valence-corrected chi connectivity index (χ1v) is 25.1. The van der Waals surface area contributed by atoms with Crippen LogP contribution >= 0.6 is 0 Å². The summed E-state index contributed by atoms with van der Waals surface area (Å²) in [4.78, 5) is 0. The van der Waals surface area contributed by atoms with Crippen molar-refractivity contribution in [2.45, 2.75) is 259 Å². The maximum Gasteiger partial charge on any atom is 0.211 e. The van der Waals surface area contributed by atoms with Gasteiger partial charge in [-0.1, -0.05) is 227 Å². The van der Waals surface area contributed by atoms with Crippen LogP contribution in [0.15, 0.2) is 6.07 Å². The zero-order chi connectivity index (χ0) is 40.4. The van der Waals surface area contributed by atoms with Crippen LogP contribution < -0.4 is 23.7 Å². The fourth-order valence-electron chi connectivity index (χ4n) is 7.38. The summed E-state index contributed by atoms with van der Waals surface area (Å²) in [7, 11) is 0. The molecule has 0 saturated carbocycles. The molecule has 0 atom stereocenters.